The molecule has 88 valence electrons. The third-order valence-corrected chi connectivity index (χ3v) is 3.47. The second kappa shape index (κ2) is 6.26. The van der Waals surface area contributed by atoms with Crippen molar-refractivity contribution in [3.63, 3.8) is 0 Å². The highest BCUT2D eigenvalue weighted by atomic mass is 16.1. The van der Waals surface area contributed by atoms with Crippen LogP contribution in [0.15, 0.2) is 0 Å². The first-order valence-electron chi connectivity index (χ1n) is 6.45. The standard InChI is InChI=1S/C13H25NO/c1-3-9-14(10-4-2)11-13(12-15)7-5-6-8-13/h12H,3-11H2,1-2H3. The summed E-state index contributed by atoms with van der Waals surface area (Å²) in [4.78, 5) is 13.7. The molecule has 0 unspecified atom stereocenters. The Morgan fingerprint density at radius 2 is 1.67 bits per heavy atom. The molecule has 2 nitrogen and oxygen atoms in total. The molecular formula is C13H25NO. The van der Waals surface area contributed by atoms with Crippen molar-refractivity contribution in [1.29, 1.82) is 0 Å². The van der Waals surface area contributed by atoms with Gasteiger partial charge in [-0.05, 0) is 38.8 Å². The molecule has 1 fully saturated rings. The molecule has 0 aliphatic heterocycles. The highest BCUT2D eigenvalue weighted by Crippen LogP contribution is 2.36. The lowest BCUT2D eigenvalue weighted by molar-refractivity contribution is -0.117. The molecule has 0 saturated heterocycles. The largest absolute Gasteiger partial charge is 0.303 e. The molecule has 2 heteroatoms. The first kappa shape index (κ1) is 12.7. The summed E-state index contributed by atoms with van der Waals surface area (Å²) >= 11 is 0. The van der Waals surface area contributed by atoms with Gasteiger partial charge in [0.2, 0.25) is 0 Å². The van der Waals surface area contributed by atoms with Gasteiger partial charge >= 0.3 is 0 Å². The Morgan fingerprint density at radius 3 is 2.07 bits per heavy atom. The van der Waals surface area contributed by atoms with Crippen LogP contribution in [-0.4, -0.2) is 30.8 Å². The predicted octanol–water partition coefficient (Wildman–Crippen LogP) is 2.87. The van der Waals surface area contributed by atoms with Crippen LogP contribution >= 0.6 is 0 Å². The molecule has 0 aromatic heterocycles. The summed E-state index contributed by atoms with van der Waals surface area (Å²) in [5.74, 6) is 0. The number of rotatable bonds is 7. The van der Waals surface area contributed by atoms with E-state index in [0.717, 1.165) is 32.5 Å². The molecule has 0 heterocycles. The van der Waals surface area contributed by atoms with E-state index >= 15 is 0 Å². The minimum Gasteiger partial charge on any atom is -0.303 e. The van der Waals surface area contributed by atoms with E-state index < -0.39 is 0 Å². The number of aldehydes is 1. The van der Waals surface area contributed by atoms with Crippen molar-refractivity contribution in [3.8, 4) is 0 Å². The quantitative estimate of drug-likeness (QED) is 0.603. The van der Waals surface area contributed by atoms with Gasteiger partial charge in [-0.2, -0.15) is 0 Å². The predicted molar refractivity (Wildman–Crippen MR) is 64.0 cm³/mol. The van der Waals surface area contributed by atoms with Crippen molar-refractivity contribution < 1.29 is 4.79 Å². The smallest absolute Gasteiger partial charge is 0.127 e. The van der Waals surface area contributed by atoms with Gasteiger partial charge in [0.25, 0.3) is 0 Å². The lowest BCUT2D eigenvalue weighted by Crippen LogP contribution is -2.38. The molecule has 15 heavy (non-hydrogen) atoms. The van der Waals surface area contributed by atoms with Gasteiger partial charge in [0.05, 0.1) is 0 Å². The minimum atomic E-state index is 0.00431. The van der Waals surface area contributed by atoms with E-state index in [2.05, 4.69) is 18.7 Å². The van der Waals surface area contributed by atoms with Crippen molar-refractivity contribution in [3.05, 3.63) is 0 Å². The molecule has 0 aromatic carbocycles. The summed E-state index contributed by atoms with van der Waals surface area (Å²) in [6.07, 6.45) is 8.32. The molecule has 0 spiro atoms. The van der Waals surface area contributed by atoms with Crippen LogP contribution in [0.5, 0.6) is 0 Å². The van der Waals surface area contributed by atoms with Crippen LogP contribution in [0.25, 0.3) is 0 Å². The normalized spacial score (nSPS) is 19.7. The summed E-state index contributed by atoms with van der Waals surface area (Å²) < 4.78 is 0. The van der Waals surface area contributed by atoms with Crippen molar-refractivity contribution in [2.24, 2.45) is 5.41 Å². The van der Waals surface area contributed by atoms with E-state index in [-0.39, 0.29) is 5.41 Å². The lowest BCUT2D eigenvalue weighted by atomic mass is 9.87. The number of hydrogen-bond acceptors (Lipinski definition) is 2. The molecule has 0 aromatic rings. The van der Waals surface area contributed by atoms with Crippen molar-refractivity contribution in [2.45, 2.75) is 52.4 Å². The molecule has 0 bridgehead atoms. The van der Waals surface area contributed by atoms with Gasteiger partial charge < -0.3 is 9.69 Å². The second-order valence-corrected chi connectivity index (χ2v) is 4.96. The van der Waals surface area contributed by atoms with E-state index in [9.17, 15) is 4.79 Å². The molecule has 0 radical (unpaired) electrons. The summed E-state index contributed by atoms with van der Waals surface area (Å²) in [7, 11) is 0. The lowest BCUT2D eigenvalue weighted by Gasteiger charge is -2.30. The van der Waals surface area contributed by atoms with E-state index in [1.165, 1.54) is 32.0 Å². The van der Waals surface area contributed by atoms with Gasteiger partial charge in [-0.3, -0.25) is 0 Å². The van der Waals surface area contributed by atoms with E-state index in [1.807, 2.05) is 0 Å². The van der Waals surface area contributed by atoms with Crippen molar-refractivity contribution in [2.75, 3.05) is 19.6 Å². The topological polar surface area (TPSA) is 20.3 Å². The van der Waals surface area contributed by atoms with E-state index in [0.29, 0.717) is 0 Å². The van der Waals surface area contributed by atoms with Crippen LogP contribution < -0.4 is 0 Å². The highest BCUT2D eigenvalue weighted by molar-refractivity contribution is 5.60. The zero-order valence-corrected chi connectivity index (χ0v) is 10.3. The van der Waals surface area contributed by atoms with Crippen LogP contribution in [0.2, 0.25) is 0 Å². The average Bonchev–Trinajstić information content (AvgIpc) is 2.68. The number of hydrogen-bond donors (Lipinski definition) is 0. The summed E-state index contributed by atoms with van der Waals surface area (Å²) in [5.41, 5.74) is 0.00431. The Labute approximate surface area is 94.0 Å². The summed E-state index contributed by atoms with van der Waals surface area (Å²) in [6.45, 7) is 7.71. The summed E-state index contributed by atoms with van der Waals surface area (Å²) in [6, 6.07) is 0. The van der Waals surface area contributed by atoms with Crippen LogP contribution in [0.4, 0.5) is 0 Å². The van der Waals surface area contributed by atoms with Gasteiger partial charge in [-0.15, -0.1) is 0 Å². The van der Waals surface area contributed by atoms with Gasteiger partial charge in [-0.1, -0.05) is 26.7 Å². The Hall–Kier alpha value is -0.370. The number of carbonyl (C=O) groups excluding carboxylic acids is 1. The Balaban J connectivity index is 2.49. The fraction of sp³-hybridized carbons (Fsp3) is 0.923. The highest BCUT2D eigenvalue weighted by Gasteiger charge is 2.34. The number of carbonyl (C=O) groups is 1. The van der Waals surface area contributed by atoms with Crippen molar-refractivity contribution in [1.82, 2.24) is 4.90 Å². The Morgan fingerprint density at radius 1 is 1.13 bits per heavy atom. The van der Waals surface area contributed by atoms with Gasteiger partial charge in [0, 0.05) is 12.0 Å². The maximum Gasteiger partial charge on any atom is 0.127 e. The van der Waals surface area contributed by atoms with Gasteiger partial charge in [-0.25, -0.2) is 0 Å². The molecule has 1 saturated carbocycles. The minimum absolute atomic E-state index is 0.00431. The molecule has 0 atom stereocenters. The Bertz CT molecular complexity index is 179. The second-order valence-electron chi connectivity index (χ2n) is 4.96. The first-order chi connectivity index (χ1) is 7.26. The van der Waals surface area contributed by atoms with Crippen molar-refractivity contribution >= 4 is 6.29 Å². The van der Waals surface area contributed by atoms with Crippen LogP contribution in [0, 0.1) is 5.41 Å². The third kappa shape index (κ3) is 3.60. The molecule has 1 aliphatic rings. The Kier molecular flexibility index (Phi) is 5.30. The zero-order valence-electron chi connectivity index (χ0n) is 10.3. The molecule has 0 amide bonds. The third-order valence-electron chi connectivity index (χ3n) is 3.47. The zero-order chi connectivity index (χ0) is 11.1. The summed E-state index contributed by atoms with van der Waals surface area (Å²) in [5, 5.41) is 0. The molecule has 1 rings (SSSR count). The van der Waals surface area contributed by atoms with Gasteiger partial charge in [0.1, 0.15) is 6.29 Å². The monoisotopic (exact) mass is 211 g/mol. The van der Waals surface area contributed by atoms with Crippen LogP contribution in [0.1, 0.15) is 52.4 Å². The van der Waals surface area contributed by atoms with E-state index in [4.69, 9.17) is 0 Å². The maximum atomic E-state index is 11.2. The van der Waals surface area contributed by atoms with Crippen LogP contribution in [0.3, 0.4) is 0 Å². The maximum absolute atomic E-state index is 11.2. The SMILES string of the molecule is CCCN(CCC)CC1(C=O)CCCC1. The fourth-order valence-corrected chi connectivity index (χ4v) is 2.74. The molecular weight excluding hydrogens is 186 g/mol. The molecule has 1 aliphatic carbocycles. The van der Waals surface area contributed by atoms with Crippen LogP contribution in [-0.2, 0) is 4.79 Å². The van der Waals surface area contributed by atoms with Gasteiger partial charge in [0.15, 0.2) is 0 Å². The first-order valence-corrected chi connectivity index (χ1v) is 6.45. The fourth-order valence-electron chi connectivity index (χ4n) is 2.74. The molecule has 0 N–H and O–H groups in total. The average molecular weight is 211 g/mol. The number of nitrogens with zero attached hydrogens (tertiary/aromatic N) is 1. The van der Waals surface area contributed by atoms with E-state index in [1.54, 1.807) is 0 Å².